The predicted octanol–water partition coefficient (Wildman–Crippen LogP) is 3.52. The number of hydrogen-bond donors (Lipinski definition) is 1. The molecule has 0 fully saturated rings. The summed E-state index contributed by atoms with van der Waals surface area (Å²) in [4.78, 5) is 11.0. The van der Waals surface area contributed by atoms with Crippen molar-refractivity contribution in [2.24, 2.45) is 0 Å². The van der Waals surface area contributed by atoms with Crippen molar-refractivity contribution in [3.63, 3.8) is 0 Å². The largest absolute Gasteiger partial charge is 0.496 e. The Morgan fingerprint density at radius 2 is 1.82 bits per heavy atom. The summed E-state index contributed by atoms with van der Waals surface area (Å²) in [6.45, 7) is 3.81. The zero-order chi connectivity index (χ0) is 15.8. The van der Waals surface area contributed by atoms with E-state index in [1.807, 2.05) is 48.5 Å². The van der Waals surface area contributed by atoms with Gasteiger partial charge in [-0.25, -0.2) is 0 Å². The van der Waals surface area contributed by atoms with Gasteiger partial charge in [-0.1, -0.05) is 54.6 Å². The minimum absolute atomic E-state index is 0.000509. The average molecular weight is 295 g/mol. The number of hydrogen-bond acceptors (Lipinski definition) is 2. The number of amides is 1. The SMILES string of the molecule is C=CCC(NC=O)C(c1ccccc1)c1ccccc1OC. The number of ether oxygens (including phenoxy) is 1. The summed E-state index contributed by atoms with van der Waals surface area (Å²) in [5.74, 6) is 0.818. The van der Waals surface area contributed by atoms with E-state index in [1.54, 1.807) is 7.11 Å². The first-order chi connectivity index (χ1) is 10.8. The van der Waals surface area contributed by atoms with Crippen LogP contribution in [-0.4, -0.2) is 19.6 Å². The van der Waals surface area contributed by atoms with Crippen molar-refractivity contribution in [2.75, 3.05) is 7.11 Å². The second-order valence-electron chi connectivity index (χ2n) is 5.05. The Kier molecular flexibility index (Phi) is 5.78. The van der Waals surface area contributed by atoms with E-state index in [-0.39, 0.29) is 12.0 Å². The van der Waals surface area contributed by atoms with Gasteiger partial charge < -0.3 is 10.1 Å². The Morgan fingerprint density at radius 3 is 2.45 bits per heavy atom. The van der Waals surface area contributed by atoms with Crippen molar-refractivity contribution in [3.05, 3.63) is 78.4 Å². The smallest absolute Gasteiger partial charge is 0.207 e. The summed E-state index contributed by atoms with van der Waals surface area (Å²) in [7, 11) is 1.66. The molecule has 114 valence electrons. The molecule has 2 atom stereocenters. The fraction of sp³-hybridized carbons (Fsp3) is 0.211. The molecule has 0 aliphatic rings. The first-order valence-electron chi connectivity index (χ1n) is 7.30. The molecule has 0 heterocycles. The molecule has 2 rings (SSSR count). The van der Waals surface area contributed by atoms with Crippen LogP contribution >= 0.6 is 0 Å². The number of benzene rings is 2. The number of carbonyl (C=O) groups excluding carboxylic acids is 1. The minimum atomic E-state index is -0.0753. The predicted molar refractivity (Wildman–Crippen MR) is 89.1 cm³/mol. The van der Waals surface area contributed by atoms with Gasteiger partial charge in [0, 0.05) is 17.5 Å². The Balaban J connectivity index is 2.53. The van der Waals surface area contributed by atoms with Gasteiger partial charge >= 0.3 is 0 Å². The summed E-state index contributed by atoms with van der Waals surface area (Å²) >= 11 is 0. The van der Waals surface area contributed by atoms with Crippen LogP contribution in [-0.2, 0) is 4.79 Å². The zero-order valence-corrected chi connectivity index (χ0v) is 12.7. The first kappa shape index (κ1) is 15.8. The molecule has 0 spiro atoms. The van der Waals surface area contributed by atoms with Crippen LogP contribution < -0.4 is 10.1 Å². The topological polar surface area (TPSA) is 38.3 Å². The molecule has 2 unspecified atom stereocenters. The van der Waals surface area contributed by atoms with Gasteiger partial charge in [0.05, 0.1) is 7.11 Å². The third kappa shape index (κ3) is 3.55. The summed E-state index contributed by atoms with van der Waals surface area (Å²) in [5, 5.41) is 2.92. The maximum Gasteiger partial charge on any atom is 0.207 e. The van der Waals surface area contributed by atoms with Crippen molar-refractivity contribution in [3.8, 4) is 5.75 Å². The molecule has 1 amide bonds. The fourth-order valence-electron chi connectivity index (χ4n) is 2.78. The highest BCUT2D eigenvalue weighted by Gasteiger charge is 2.26. The molecule has 0 saturated heterocycles. The number of methoxy groups -OCH3 is 1. The van der Waals surface area contributed by atoms with Crippen LogP contribution in [0.3, 0.4) is 0 Å². The van der Waals surface area contributed by atoms with Crippen LogP contribution in [0.2, 0.25) is 0 Å². The van der Waals surface area contributed by atoms with E-state index in [4.69, 9.17) is 4.74 Å². The zero-order valence-electron chi connectivity index (χ0n) is 12.7. The number of nitrogens with one attached hydrogen (secondary N) is 1. The molecule has 2 aromatic carbocycles. The second kappa shape index (κ2) is 8.03. The molecule has 0 aliphatic heterocycles. The van der Waals surface area contributed by atoms with Gasteiger partial charge in [0.25, 0.3) is 0 Å². The van der Waals surface area contributed by atoms with Gasteiger partial charge in [0.1, 0.15) is 5.75 Å². The summed E-state index contributed by atoms with van der Waals surface area (Å²) in [6, 6.07) is 18.0. The lowest BCUT2D eigenvalue weighted by atomic mass is 9.83. The van der Waals surface area contributed by atoms with Gasteiger partial charge in [0.2, 0.25) is 6.41 Å². The highest BCUT2D eigenvalue weighted by molar-refractivity contribution is 5.50. The summed E-state index contributed by atoms with van der Waals surface area (Å²) < 4.78 is 5.51. The molecule has 0 aliphatic carbocycles. The van der Waals surface area contributed by atoms with Crippen molar-refractivity contribution in [1.82, 2.24) is 5.32 Å². The average Bonchev–Trinajstić information content (AvgIpc) is 2.57. The van der Waals surface area contributed by atoms with Gasteiger partial charge in [-0.2, -0.15) is 0 Å². The van der Waals surface area contributed by atoms with Crippen molar-refractivity contribution in [1.29, 1.82) is 0 Å². The maximum atomic E-state index is 11.0. The van der Waals surface area contributed by atoms with E-state index in [1.165, 1.54) is 0 Å². The van der Waals surface area contributed by atoms with Crippen molar-refractivity contribution in [2.45, 2.75) is 18.4 Å². The lowest BCUT2D eigenvalue weighted by Crippen LogP contribution is -2.34. The van der Waals surface area contributed by atoms with Crippen LogP contribution in [0.1, 0.15) is 23.5 Å². The monoisotopic (exact) mass is 295 g/mol. The second-order valence-corrected chi connectivity index (χ2v) is 5.05. The third-order valence-electron chi connectivity index (χ3n) is 3.74. The van der Waals surface area contributed by atoms with Crippen LogP contribution in [0.5, 0.6) is 5.75 Å². The van der Waals surface area contributed by atoms with Crippen molar-refractivity contribution < 1.29 is 9.53 Å². The van der Waals surface area contributed by atoms with E-state index in [2.05, 4.69) is 24.0 Å². The Bertz CT molecular complexity index is 600. The molecule has 0 saturated carbocycles. The number of para-hydroxylation sites is 1. The molecule has 3 heteroatoms. The molecule has 3 nitrogen and oxygen atoms in total. The quantitative estimate of drug-likeness (QED) is 0.598. The highest BCUT2D eigenvalue weighted by Crippen LogP contribution is 2.35. The first-order valence-corrected chi connectivity index (χ1v) is 7.30. The van der Waals surface area contributed by atoms with Crippen LogP contribution in [0.25, 0.3) is 0 Å². The van der Waals surface area contributed by atoms with Gasteiger partial charge in [-0.15, -0.1) is 6.58 Å². The molecular weight excluding hydrogens is 274 g/mol. The lowest BCUT2D eigenvalue weighted by Gasteiger charge is -2.28. The number of rotatable bonds is 8. The Morgan fingerprint density at radius 1 is 1.14 bits per heavy atom. The third-order valence-corrected chi connectivity index (χ3v) is 3.74. The van der Waals surface area contributed by atoms with Gasteiger partial charge in [-0.3, -0.25) is 4.79 Å². The number of carbonyl (C=O) groups is 1. The van der Waals surface area contributed by atoms with E-state index < -0.39 is 0 Å². The highest BCUT2D eigenvalue weighted by atomic mass is 16.5. The van der Waals surface area contributed by atoms with Gasteiger partial charge in [0.15, 0.2) is 0 Å². The lowest BCUT2D eigenvalue weighted by molar-refractivity contribution is -0.110. The molecule has 1 N–H and O–H groups in total. The molecule has 0 aromatic heterocycles. The van der Waals surface area contributed by atoms with Gasteiger partial charge in [-0.05, 0) is 18.1 Å². The standard InChI is InChI=1S/C19H21NO2/c1-3-9-17(20-14-21)19(15-10-5-4-6-11-15)16-12-7-8-13-18(16)22-2/h3-8,10-14,17,19H,1,9H2,2H3,(H,20,21). The Hall–Kier alpha value is -2.55. The van der Waals surface area contributed by atoms with E-state index in [0.29, 0.717) is 6.42 Å². The van der Waals surface area contributed by atoms with E-state index >= 15 is 0 Å². The fourth-order valence-corrected chi connectivity index (χ4v) is 2.78. The van der Waals surface area contributed by atoms with E-state index in [0.717, 1.165) is 23.3 Å². The van der Waals surface area contributed by atoms with Crippen LogP contribution in [0.4, 0.5) is 0 Å². The summed E-state index contributed by atoms with van der Waals surface area (Å²) in [6.07, 6.45) is 3.25. The molecule has 0 radical (unpaired) electrons. The van der Waals surface area contributed by atoms with Crippen molar-refractivity contribution >= 4 is 6.41 Å². The normalized spacial score (nSPS) is 13.0. The van der Waals surface area contributed by atoms with Crippen LogP contribution in [0, 0.1) is 0 Å². The van der Waals surface area contributed by atoms with E-state index in [9.17, 15) is 4.79 Å². The molecule has 22 heavy (non-hydrogen) atoms. The molecule has 0 bridgehead atoms. The molecular formula is C19H21NO2. The maximum absolute atomic E-state index is 11.0. The molecule has 2 aromatic rings. The van der Waals surface area contributed by atoms with Crippen LogP contribution in [0.15, 0.2) is 67.3 Å². The summed E-state index contributed by atoms with van der Waals surface area (Å²) in [5.41, 5.74) is 2.19. The Labute approximate surface area is 131 Å². The minimum Gasteiger partial charge on any atom is -0.496 e.